The van der Waals surface area contributed by atoms with Gasteiger partial charge >= 0.3 is 0 Å². The maximum Gasteiger partial charge on any atom is 0.236 e. The molecule has 7 heteroatoms. The van der Waals surface area contributed by atoms with Gasteiger partial charge in [-0.05, 0) is 0 Å². The molecular weight excluding hydrogens is 344 g/mol. The Balaban J connectivity index is 1.24. The van der Waals surface area contributed by atoms with Crippen molar-refractivity contribution in [2.75, 3.05) is 59.0 Å². The van der Waals surface area contributed by atoms with Gasteiger partial charge in [0.05, 0.1) is 26.3 Å². The Labute approximate surface area is 159 Å². The molecule has 27 heavy (non-hydrogen) atoms. The Kier molecular flexibility index (Phi) is 5.81. The van der Waals surface area contributed by atoms with Crippen LogP contribution in [0.15, 0.2) is 40.9 Å². The number of morpholine rings is 1. The highest BCUT2D eigenvalue weighted by molar-refractivity contribution is 5.78. The van der Waals surface area contributed by atoms with Gasteiger partial charge < -0.3 is 14.2 Å². The molecular formula is C20H26N4O3. The van der Waals surface area contributed by atoms with Crippen molar-refractivity contribution >= 4 is 5.91 Å². The molecule has 0 aliphatic carbocycles. The molecule has 1 amide bonds. The van der Waals surface area contributed by atoms with Gasteiger partial charge in [-0.2, -0.15) is 0 Å². The van der Waals surface area contributed by atoms with Crippen LogP contribution in [0.2, 0.25) is 0 Å². The normalized spacial score (nSPS) is 19.3. The molecule has 144 valence electrons. The number of aromatic nitrogens is 1. The Morgan fingerprint density at radius 3 is 2.41 bits per heavy atom. The number of ether oxygens (including phenoxy) is 1. The van der Waals surface area contributed by atoms with Gasteiger partial charge in [0, 0.05) is 50.9 Å². The van der Waals surface area contributed by atoms with Gasteiger partial charge in [0.1, 0.15) is 5.69 Å². The first-order valence-electron chi connectivity index (χ1n) is 9.59. The third kappa shape index (κ3) is 4.74. The lowest BCUT2D eigenvalue weighted by molar-refractivity contribution is -0.136. The maximum absolute atomic E-state index is 12.4. The van der Waals surface area contributed by atoms with E-state index in [0.29, 0.717) is 32.8 Å². The molecule has 2 aromatic rings. The van der Waals surface area contributed by atoms with Crippen LogP contribution in [0.4, 0.5) is 0 Å². The number of carbonyl (C=O) groups is 1. The minimum absolute atomic E-state index is 0.217. The summed E-state index contributed by atoms with van der Waals surface area (Å²) in [6, 6.07) is 12.1. The fourth-order valence-corrected chi connectivity index (χ4v) is 3.56. The Morgan fingerprint density at radius 1 is 0.963 bits per heavy atom. The summed E-state index contributed by atoms with van der Waals surface area (Å²) in [7, 11) is 0. The lowest BCUT2D eigenvalue weighted by Gasteiger charge is -2.35. The topological polar surface area (TPSA) is 62.1 Å². The number of carbonyl (C=O) groups excluding carboxylic acids is 1. The smallest absolute Gasteiger partial charge is 0.236 e. The number of hydrogen-bond donors (Lipinski definition) is 0. The van der Waals surface area contributed by atoms with Crippen molar-refractivity contribution in [1.29, 1.82) is 0 Å². The lowest BCUT2D eigenvalue weighted by Crippen LogP contribution is -2.51. The summed E-state index contributed by atoms with van der Waals surface area (Å²) in [6.45, 7) is 7.66. The van der Waals surface area contributed by atoms with Gasteiger partial charge in [0.2, 0.25) is 5.91 Å². The molecule has 0 atom stereocenters. The average Bonchev–Trinajstić information content (AvgIpc) is 3.19. The first-order valence-corrected chi connectivity index (χ1v) is 9.59. The van der Waals surface area contributed by atoms with E-state index in [4.69, 9.17) is 9.26 Å². The first kappa shape index (κ1) is 18.2. The van der Waals surface area contributed by atoms with Crippen LogP contribution in [0.3, 0.4) is 0 Å². The molecule has 0 bridgehead atoms. The summed E-state index contributed by atoms with van der Waals surface area (Å²) < 4.78 is 10.8. The number of piperazine rings is 1. The first-order chi connectivity index (χ1) is 13.3. The van der Waals surface area contributed by atoms with Crippen molar-refractivity contribution in [3.8, 4) is 11.3 Å². The van der Waals surface area contributed by atoms with E-state index in [-0.39, 0.29) is 5.91 Å². The summed E-state index contributed by atoms with van der Waals surface area (Å²) in [5.41, 5.74) is 1.94. The van der Waals surface area contributed by atoms with Gasteiger partial charge in [-0.1, -0.05) is 35.5 Å². The SMILES string of the molecule is O=C(CN1CCN(Cc2cc(-c3ccccc3)no2)CC1)N1CCOCC1. The van der Waals surface area contributed by atoms with Crippen molar-refractivity contribution in [3.63, 3.8) is 0 Å². The molecule has 1 aromatic heterocycles. The molecule has 2 aliphatic rings. The van der Waals surface area contributed by atoms with Crippen molar-refractivity contribution in [2.24, 2.45) is 0 Å². The van der Waals surface area contributed by atoms with E-state index in [9.17, 15) is 4.79 Å². The van der Waals surface area contributed by atoms with Crippen molar-refractivity contribution in [3.05, 3.63) is 42.2 Å². The van der Waals surface area contributed by atoms with E-state index in [1.165, 1.54) is 0 Å². The van der Waals surface area contributed by atoms with Gasteiger partial charge in [-0.3, -0.25) is 14.6 Å². The summed E-state index contributed by atoms with van der Waals surface area (Å²) >= 11 is 0. The zero-order chi connectivity index (χ0) is 18.5. The van der Waals surface area contributed by atoms with E-state index in [1.807, 2.05) is 41.3 Å². The average molecular weight is 370 g/mol. The minimum atomic E-state index is 0.217. The monoisotopic (exact) mass is 370 g/mol. The number of hydrogen-bond acceptors (Lipinski definition) is 6. The predicted octanol–water partition coefficient (Wildman–Crippen LogP) is 1.32. The summed E-state index contributed by atoms with van der Waals surface area (Å²) in [6.07, 6.45) is 0. The molecule has 2 aliphatic heterocycles. The Hall–Kier alpha value is -2.22. The molecule has 2 fully saturated rings. The number of amides is 1. The fourth-order valence-electron chi connectivity index (χ4n) is 3.56. The molecule has 0 N–H and O–H groups in total. The summed E-state index contributed by atoms with van der Waals surface area (Å²) in [4.78, 5) is 18.9. The van der Waals surface area contributed by atoms with Crippen LogP contribution >= 0.6 is 0 Å². The third-order valence-electron chi connectivity index (χ3n) is 5.20. The molecule has 0 radical (unpaired) electrons. The van der Waals surface area contributed by atoms with Crippen molar-refractivity contribution < 1.29 is 14.1 Å². The lowest BCUT2D eigenvalue weighted by atomic mass is 10.1. The molecule has 2 saturated heterocycles. The molecule has 7 nitrogen and oxygen atoms in total. The van der Waals surface area contributed by atoms with Crippen LogP contribution in [0.1, 0.15) is 5.76 Å². The Bertz CT molecular complexity index is 735. The molecule has 0 unspecified atom stereocenters. The van der Waals surface area contributed by atoms with E-state index < -0.39 is 0 Å². The van der Waals surface area contributed by atoms with Crippen molar-refractivity contribution in [2.45, 2.75) is 6.54 Å². The van der Waals surface area contributed by atoms with Crippen molar-refractivity contribution in [1.82, 2.24) is 19.9 Å². The fraction of sp³-hybridized carbons (Fsp3) is 0.500. The zero-order valence-corrected chi connectivity index (χ0v) is 15.5. The van der Waals surface area contributed by atoms with Gasteiger partial charge in [-0.25, -0.2) is 0 Å². The number of nitrogens with zero attached hydrogens (tertiary/aromatic N) is 4. The molecule has 4 rings (SSSR count). The van der Waals surface area contributed by atoms with E-state index in [0.717, 1.165) is 49.7 Å². The van der Waals surface area contributed by atoms with Crippen LogP contribution < -0.4 is 0 Å². The second kappa shape index (κ2) is 8.65. The van der Waals surface area contributed by atoms with E-state index >= 15 is 0 Å². The standard InChI is InChI=1S/C20H26N4O3/c25-20(24-10-12-26-13-11-24)16-23-8-6-22(7-9-23)15-18-14-19(21-27-18)17-4-2-1-3-5-17/h1-5,14H,6-13,15-16H2. The van der Waals surface area contributed by atoms with Crippen LogP contribution in [-0.4, -0.2) is 84.8 Å². The highest BCUT2D eigenvalue weighted by Gasteiger charge is 2.23. The highest BCUT2D eigenvalue weighted by atomic mass is 16.5. The zero-order valence-electron chi connectivity index (χ0n) is 15.5. The van der Waals surface area contributed by atoms with E-state index in [1.54, 1.807) is 0 Å². The highest BCUT2D eigenvalue weighted by Crippen LogP contribution is 2.19. The van der Waals surface area contributed by atoms with Gasteiger partial charge in [0.15, 0.2) is 5.76 Å². The predicted molar refractivity (Wildman–Crippen MR) is 101 cm³/mol. The number of rotatable bonds is 5. The largest absolute Gasteiger partial charge is 0.378 e. The van der Waals surface area contributed by atoms with E-state index in [2.05, 4.69) is 15.0 Å². The second-order valence-electron chi connectivity index (χ2n) is 7.09. The Morgan fingerprint density at radius 2 is 1.67 bits per heavy atom. The summed E-state index contributed by atoms with van der Waals surface area (Å²) in [5.74, 6) is 1.10. The van der Waals surface area contributed by atoms with Crippen LogP contribution in [0.5, 0.6) is 0 Å². The molecule has 0 saturated carbocycles. The second-order valence-corrected chi connectivity index (χ2v) is 7.09. The molecule has 1 aromatic carbocycles. The summed E-state index contributed by atoms with van der Waals surface area (Å²) in [5, 5.41) is 4.19. The molecule has 3 heterocycles. The number of benzene rings is 1. The maximum atomic E-state index is 12.4. The van der Waals surface area contributed by atoms with Crippen LogP contribution in [0.25, 0.3) is 11.3 Å². The molecule has 0 spiro atoms. The quantitative estimate of drug-likeness (QED) is 0.791. The van der Waals surface area contributed by atoms with Crippen LogP contribution in [-0.2, 0) is 16.1 Å². The minimum Gasteiger partial charge on any atom is -0.378 e. The van der Waals surface area contributed by atoms with Gasteiger partial charge in [0.25, 0.3) is 0 Å². The van der Waals surface area contributed by atoms with Crippen LogP contribution in [0, 0.1) is 0 Å². The third-order valence-corrected chi connectivity index (χ3v) is 5.20. The van der Waals surface area contributed by atoms with Gasteiger partial charge in [-0.15, -0.1) is 0 Å².